The van der Waals surface area contributed by atoms with Gasteiger partial charge in [-0.1, -0.05) is 0 Å². The maximum absolute atomic E-state index is 13.7. The zero-order valence-corrected chi connectivity index (χ0v) is 19.1. The minimum absolute atomic E-state index is 0.0556. The second-order valence-corrected chi connectivity index (χ2v) is 8.78. The summed E-state index contributed by atoms with van der Waals surface area (Å²) >= 11 is 0.856. The van der Waals surface area contributed by atoms with Crippen molar-refractivity contribution in [3.8, 4) is 0 Å². The molecular weight excluding hydrogens is 447 g/mol. The van der Waals surface area contributed by atoms with Gasteiger partial charge >= 0.3 is 12.3 Å². The standard InChI is InChI=1S/C21H26F3N3O4S/c1-11(2)30-12(3)31-20(29)27-7-5-13(6-8-27)16-9-15(21(22,23)24)18-17(26-16)14(10-32-18)19(28)25-4/h9-13H,5-8H2,1-4H3,(H,25,28). The molecule has 1 N–H and O–H groups in total. The number of pyridine rings is 1. The summed E-state index contributed by atoms with van der Waals surface area (Å²) in [5.74, 6) is -0.754. The number of fused-ring (bicyclic) bond motifs is 1. The van der Waals surface area contributed by atoms with Crippen LogP contribution in [0, 0.1) is 0 Å². The normalized spacial score (nSPS) is 16.4. The lowest BCUT2D eigenvalue weighted by Gasteiger charge is -2.32. The van der Waals surface area contributed by atoms with Crippen LogP contribution in [0.25, 0.3) is 10.2 Å². The van der Waals surface area contributed by atoms with Crippen molar-refractivity contribution in [3.63, 3.8) is 0 Å². The molecule has 2 aromatic heterocycles. The predicted molar refractivity (Wildman–Crippen MR) is 114 cm³/mol. The van der Waals surface area contributed by atoms with Crippen molar-refractivity contribution in [2.24, 2.45) is 0 Å². The number of rotatable bonds is 5. The van der Waals surface area contributed by atoms with E-state index in [0.29, 0.717) is 25.9 Å². The number of hydrogen-bond donors (Lipinski definition) is 1. The Morgan fingerprint density at radius 1 is 1.25 bits per heavy atom. The van der Waals surface area contributed by atoms with Crippen LogP contribution in [0.15, 0.2) is 11.4 Å². The topological polar surface area (TPSA) is 80.8 Å². The number of hydrogen-bond acceptors (Lipinski definition) is 6. The number of alkyl halides is 3. The molecule has 1 aliphatic heterocycles. The Morgan fingerprint density at radius 2 is 1.91 bits per heavy atom. The molecule has 1 atom stereocenters. The van der Waals surface area contributed by atoms with Gasteiger partial charge in [-0.15, -0.1) is 11.3 Å². The van der Waals surface area contributed by atoms with Crippen LogP contribution in [0.3, 0.4) is 0 Å². The Balaban J connectivity index is 1.80. The van der Waals surface area contributed by atoms with Crippen LogP contribution < -0.4 is 5.32 Å². The highest BCUT2D eigenvalue weighted by Crippen LogP contribution is 2.41. The molecule has 2 aromatic rings. The number of thiophene rings is 1. The molecule has 0 aliphatic carbocycles. The molecule has 176 valence electrons. The lowest BCUT2D eigenvalue weighted by atomic mass is 9.92. The monoisotopic (exact) mass is 473 g/mol. The molecule has 3 heterocycles. The predicted octanol–water partition coefficient (Wildman–Crippen LogP) is 4.76. The molecule has 1 saturated heterocycles. The first kappa shape index (κ1) is 24.2. The summed E-state index contributed by atoms with van der Waals surface area (Å²) in [5.41, 5.74) is -0.335. The first-order valence-corrected chi connectivity index (χ1v) is 11.2. The molecule has 0 radical (unpaired) electrons. The molecule has 0 aromatic carbocycles. The fourth-order valence-electron chi connectivity index (χ4n) is 3.73. The molecule has 0 spiro atoms. The average Bonchev–Trinajstić information content (AvgIpc) is 3.15. The zero-order valence-electron chi connectivity index (χ0n) is 18.3. The zero-order chi connectivity index (χ0) is 23.6. The van der Waals surface area contributed by atoms with Gasteiger partial charge in [0.05, 0.1) is 27.4 Å². The van der Waals surface area contributed by atoms with Crippen LogP contribution in [0.1, 0.15) is 61.1 Å². The van der Waals surface area contributed by atoms with Crippen LogP contribution >= 0.6 is 11.3 Å². The van der Waals surface area contributed by atoms with Crippen molar-refractivity contribution in [2.75, 3.05) is 20.1 Å². The van der Waals surface area contributed by atoms with Crippen molar-refractivity contribution in [2.45, 2.75) is 58.1 Å². The number of carbonyl (C=O) groups excluding carboxylic acids is 2. The molecule has 1 aliphatic rings. The molecule has 0 bridgehead atoms. The molecule has 0 saturated carbocycles. The highest BCUT2D eigenvalue weighted by molar-refractivity contribution is 7.17. The van der Waals surface area contributed by atoms with E-state index in [-0.39, 0.29) is 33.5 Å². The maximum Gasteiger partial charge on any atom is 0.417 e. The van der Waals surface area contributed by atoms with Crippen molar-refractivity contribution in [3.05, 3.63) is 28.3 Å². The lowest BCUT2D eigenvalue weighted by molar-refractivity contribution is -0.136. The molecular formula is C21H26F3N3O4S. The third-order valence-electron chi connectivity index (χ3n) is 5.22. The number of nitrogens with one attached hydrogen (secondary N) is 1. The van der Waals surface area contributed by atoms with Gasteiger partial charge in [0, 0.05) is 37.1 Å². The molecule has 32 heavy (non-hydrogen) atoms. The fourth-order valence-corrected chi connectivity index (χ4v) is 4.75. The molecule has 1 fully saturated rings. The molecule has 3 rings (SSSR count). The van der Waals surface area contributed by atoms with E-state index in [2.05, 4.69) is 10.3 Å². The van der Waals surface area contributed by atoms with E-state index in [1.807, 2.05) is 13.8 Å². The Hall–Kier alpha value is -2.40. The molecule has 7 nitrogen and oxygen atoms in total. The van der Waals surface area contributed by atoms with E-state index in [0.717, 1.165) is 17.4 Å². The highest BCUT2D eigenvalue weighted by atomic mass is 32.1. The Kier molecular flexibility index (Phi) is 7.29. The van der Waals surface area contributed by atoms with Crippen LogP contribution in [-0.4, -0.2) is 54.4 Å². The first-order valence-electron chi connectivity index (χ1n) is 10.3. The minimum atomic E-state index is -4.57. The van der Waals surface area contributed by atoms with Gasteiger partial charge in [0.1, 0.15) is 0 Å². The Labute approximate surface area is 187 Å². The van der Waals surface area contributed by atoms with Crippen LogP contribution in [0.4, 0.5) is 18.0 Å². The minimum Gasteiger partial charge on any atom is -0.420 e. The Bertz CT molecular complexity index is 985. The number of halogens is 3. The molecule has 1 unspecified atom stereocenters. The fraction of sp³-hybridized carbons (Fsp3) is 0.571. The summed E-state index contributed by atoms with van der Waals surface area (Å²) in [6.07, 6.45) is -5.01. The smallest absolute Gasteiger partial charge is 0.417 e. The summed E-state index contributed by atoms with van der Waals surface area (Å²) in [6, 6.07) is 1.07. The number of likely N-dealkylation sites (tertiary alicyclic amines) is 1. The number of aromatic nitrogens is 1. The summed E-state index contributed by atoms with van der Waals surface area (Å²) in [7, 11) is 1.42. The van der Waals surface area contributed by atoms with Gasteiger partial charge in [-0.3, -0.25) is 9.78 Å². The Morgan fingerprint density at radius 3 is 2.47 bits per heavy atom. The van der Waals surface area contributed by atoms with E-state index in [9.17, 15) is 22.8 Å². The summed E-state index contributed by atoms with van der Waals surface area (Å²) in [4.78, 5) is 30.4. The van der Waals surface area contributed by atoms with E-state index < -0.39 is 30.0 Å². The summed E-state index contributed by atoms with van der Waals surface area (Å²) in [6.45, 7) is 5.94. The molecule has 2 amide bonds. The third kappa shape index (κ3) is 5.32. The largest absolute Gasteiger partial charge is 0.420 e. The van der Waals surface area contributed by atoms with Crippen LogP contribution in [0.5, 0.6) is 0 Å². The van der Waals surface area contributed by atoms with Gasteiger partial charge in [-0.2, -0.15) is 13.2 Å². The van der Waals surface area contributed by atoms with E-state index >= 15 is 0 Å². The van der Waals surface area contributed by atoms with Crippen LogP contribution in [-0.2, 0) is 15.7 Å². The van der Waals surface area contributed by atoms with Gasteiger partial charge in [-0.25, -0.2) is 4.79 Å². The quantitative estimate of drug-likeness (QED) is 0.634. The van der Waals surface area contributed by atoms with Gasteiger partial charge in [0.2, 0.25) is 6.29 Å². The van der Waals surface area contributed by atoms with Crippen molar-refractivity contribution in [1.29, 1.82) is 0 Å². The van der Waals surface area contributed by atoms with Crippen molar-refractivity contribution in [1.82, 2.24) is 15.2 Å². The van der Waals surface area contributed by atoms with E-state index in [4.69, 9.17) is 9.47 Å². The number of amides is 2. The highest BCUT2D eigenvalue weighted by Gasteiger charge is 2.36. The lowest BCUT2D eigenvalue weighted by Crippen LogP contribution is -2.40. The number of nitrogens with zero attached hydrogens (tertiary/aromatic N) is 2. The van der Waals surface area contributed by atoms with Crippen molar-refractivity contribution < 1.29 is 32.2 Å². The third-order valence-corrected chi connectivity index (χ3v) is 6.22. The summed E-state index contributed by atoms with van der Waals surface area (Å²) < 4.78 is 51.8. The van der Waals surface area contributed by atoms with Gasteiger partial charge in [0.25, 0.3) is 5.91 Å². The summed E-state index contributed by atoms with van der Waals surface area (Å²) in [5, 5.41) is 3.84. The van der Waals surface area contributed by atoms with Gasteiger partial charge in [-0.05, 0) is 39.7 Å². The number of carbonyl (C=O) groups is 2. The average molecular weight is 474 g/mol. The second-order valence-electron chi connectivity index (χ2n) is 7.90. The van der Waals surface area contributed by atoms with Crippen LogP contribution in [0.2, 0.25) is 0 Å². The van der Waals surface area contributed by atoms with Crippen molar-refractivity contribution >= 4 is 33.6 Å². The first-order chi connectivity index (χ1) is 15.0. The van der Waals surface area contributed by atoms with E-state index in [1.54, 1.807) is 6.92 Å². The SMILES string of the molecule is CNC(=O)c1csc2c(C(F)(F)F)cc(C3CCN(C(=O)OC(C)OC(C)C)CC3)nc12. The second kappa shape index (κ2) is 9.62. The number of piperidine rings is 1. The van der Waals surface area contributed by atoms with Gasteiger partial charge < -0.3 is 19.7 Å². The van der Waals surface area contributed by atoms with E-state index in [1.165, 1.54) is 17.3 Å². The number of ether oxygens (including phenoxy) is 2. The maximum atomic E-state index is 13.7. The van der Waals surface area contributed by atoms with Gasteiger partial charge in [0.15, 0.2) is 0 Å². The molecule has 11 heteroatoms.